The predicted molar refractivity (Wildman–Crippen MR) is 82.1 cm³/mol. The SMILES string of the molecule is CCOC(C)CNS(=O)(=O)c1cc(C(=O)O)cc(Br)c1C. The number of aromatic carboxylic acids is 1. The molecule has 0 spiro atoms. The van der Waals surface area contributed by atoms with Gasteiger partial charge in [0, 0.05) is 17.6 Å². The van der Waals surface area contributed by atoms with Crippen molar-refractivity contribution in [2.45, 2.75) is 31.8 Å². The molecule has 118 valence electrons. The van der Waals surface area contributed by atoms with Crippen LogP contribution in [0.15, 0.2) is 21.5 Å². The number of sulfonamides is 1. The van der Waals surface area contributed by atoms with Crippen molar-refractivity contribution in [2.24, 2.45) is 0 Å². The molecule has 0 saturated heterocycles. The van der Waals surface area contributed by atoms with Crippen LogP contribution in [-0.4, -0.2) is 38.7 Å². The van der Waals surface area contributed by atoms with E-state index < -0.39 is 16.0 Å². The van der Waals surface area contributed by atoms with Gasteiger partial charge >= 0.3 is 5.97 Å². The molecule has 0 fully saturated rings. The van der Waals surface area contributed by atoms with Crippen LogP contribution >= 0.6 is 15.9 Å². The van der Waals surface area contributed by atoms with Crippen molar-refractivity contribution in [3.63, 3.8) is 0 Å². The maximum absolute atomic E-state index is 12.3. The number of carboxylic acids is 1. The fourth-order valence-corrected chi connectivity index (χ4v) is 3.70. The topological polar surface area (TPSA) is 92.7 Å². The molecule has 1 unspecified atom stereocenters. The van der Waals surface area contributed by atoms with Crippen LogP contribution in [0.25, 0.3) is 0 Å². The van der Waals surface area contributed by atoms with Crippen molar-refractivity contribution in [1.29, 1.82) is 0 Å². The molecule has 1 aromatic rings. The van der Waals surface area contributed by atoms with E-state index in [1.165, 1.54) is 6.07 Å². The summed E-state index contributed by atoms with van der Waals surface area (Å²) in [6.07, 6.45) is -0.267. The van der Waals surface area contributed by atoms with Gasteiger partial charge in [-0.15, -0.1) is 0 Å². The summed E-state index contributed by atoms with van der Waals surface area (Å²) in [7, 11) is -3.81. The Kier molecular flexibility index (Phi) is 6.33. The highest BCUT2D eigenvalue weighted by Gasteiger charge is 2.21. The molecule has 0 heterocycles. The van der Waals surface area contributed by atoms with E-state index in [1.807, 2.05) is 6.92 Å². The minimum absolute atomic E-state index is 0.0574. The van der Waals surface area contributed by atoms with Crippen molar-refractivity contribution in [3.05, 3.63) is 27.7 Å². The third-order valence-corrected chi connectivity index (χ3v) is 5.22. The van der Waals surface area contributed by atoms with E-state index in [1.54, 1.807) is 13.8 Å². The Hall–Kier alpha value is -0.960. The molecule has 0 aliphatic rings. The van der Waals surface area contributed by atoms with Gasteiger partial charge in [-0.25, -0.2) is 17.9 Å². The third kappa shape index (κ3) is 4.77. The van der Waals surface area contributed by atoms with Gasteiger partial charge in [0.2, 0.25) is 10.0 Å². The lowest BCUT2D eigenvalue weighted by Crippen LogP contribution is -2.32. The predicted octanol–water partition coefficient (Wildman–Crippen LogP) is 2.16. The van der Waals surface area contributed by atoms with Crippen molar-refractivity contribution < 1.29 is 23.1 Å². The van der Waals surface area contributed by atoms with E-state index in [2.05, 4.69) is 20.7 Å². The average Bonchev–Trinajstić information content (AvgIpc) is 2.39. The first kappa shape index (κ1) is 18.1. The zero-order chi connectivity index (χ0) is 16.2. The quantitative estimate of drug-likeness (QED) is 0.756. The van der Waals surface area contributed by atoms with Gasteiger partial charge in [-0.05, 0) is 38.5 Å². The number of halogens is 1. The second kappa shape index (κ2) is 7.35. The fourth-order valence-electron chi connectivity index (χ4n) is 1.70. The summed E-state index contributed by atoms with van der Waals surface area (Å²) in [5, 5.41) is 9.02. The first-order valence-electron chi connectivity index (χ1n) is 6.33. The summed E-state index contributed by atoms with van der Waals surface area (Å²) >= 11 is 3.18. The number of hydrogen-bond acceptors (Lipinski definition) is 4. The molecule has 0 aliphatic carbocycles. The van der Waals surface area contributed by atoms with Gasteiger partial charge < -0.3 is 9.84 Å². The third-order valence-electron chi connectivity index (χ3n) is 2.85. The molecule has 0 bridgehead atoms. The van der Waals surface area contributed by atoms with E-state index >= 15 is 0 Å². The van der Waals surface area contributed by atoms with Crippen LogP contribution in [0.2, 0.25) is 0 Å². The first-order chi connectivity index (χ1) is 9.69. The van der Waals surface area contributed by atoms with Crippen LogP contribution in [0.3, 0.4) is 0 Å². The van der Waals surface area contributed by atoms with Crippen LogP contribution in [0.4, 0.5) is 0 Å². The number of ether oxygens (including phenoxy) is 1. The van der Waals surface area contributed by atoms with E-state index in [-0.39, 0.29) is 23.1 Å². The van der Waals surface area contributed by atoms with Gasteiger partial charge in [0.05, 0.1) is 16.6 Å². The maximum atomic E-state index is 12.3. The van der Waals surface area contributed by atoms with Crippen LogP contribution in [0, 0.1) is 6.92 Å². The number of carbonyl (C=O) groups is 1. The highest BCUT2D eigenvalue weighted by Crippen LogP contribution is 2.25. The normalized spacial score (nSPS) is 13.1. The number of rotatable bonds is 7. The van der Waals surface area contributed by atoms with Crippen LogP contribution in [0.1, 0.15) is 29.8 Å². The van der Waals surface area contributed by atoms with Crippen LogP contribution < -0.4 is 4.72 Å². The van der Waals surface area contributed by atoms with Gasteiger partial charge in [0.1, 0.15) is 0 Å². The van der Waals surface area contributed by atoms with Crippen LogP contribution in [0.5, 0.6) is 0 Å². The molecule has 1 aromatic carbocycles. The standard InChI is InChI=1S/C13H18BrNO5S/c1-4-20-8(2)7-15-21(18,19)12-6-10(13(16)17)5-11(14)9(12)3/h5-6,8,15H,4,7H2,1-3H3,(H,16,17). The Morgan fingerprint density at radius 2 is 2.10 bits per heavy atom. The summed E-state index contributed by atoms with van der Waals surface area (Å²) in [5.74, 6) is -1.19. The Morgan fingerprint density at radius 1 is 1.48 bits per heavy atom. The zero-order valence-electron chi connectivity index (χ0n) is 12.0. The molecular formula is C13H18BrNO5S. The molecule has 8 heteroatoms. The summed E-state index contributed by atoms with van der Waals surface area (Å²) < 4.78 is 32.7. The minimum atomic E-state index is -3.81. The second-order valence-electron chi connectivity index (χ2n) is 4.50. The number of hydrogen-bond donors (Lipinski definition) is 2. The summed E-state index contributed by atoms with van der Waals surface area (Å²) in [6.45, 7) is 5.79. The Labute approximate surface area is 132 Å². The van der Waals surface area contributed by atoms with E-state index in [0.717, 1.165) is 6.07 Å². The summed E-state index contributed by atoms with van der Waals surface area (Å²) in [5.41, 5.74) is 0.363. The highest BCUT2D eigenvalue weighted by atomic mass is 79.9. The molecule has 1 atom stereocenters. The smallest absolute Gasteiger partial charge is 0.335 e. The minimum Gasteiger partial charge on any atom is -0.478 e. The number of nitrogens with one attached hydrogen (secondary N) is 1. The lowest BCUT2D eigenvalue weighted by Gasteiger charge is -2.15. The Bertz CT molecular complexity index is 630. The van der Waals surface area contributed by atoms with Gasteiger partial charge in [0.25, 0.3) is 0 Å². The molecule has 1 rings (SSSR count). The maximum Gasteiger partial charge on any atom is 0.335 e. The molecule has 0 aromatic heterocycles. The molecular weight excluding hydrogens is 362 g/mol. The first-order valence-corrected chi connectivity index (χ1v) is 8.61. The zero-order valence-corrected chi connectivity index (χ0v) is 14.4. The number of benzene rings is 1. The molecule has 0 radical (unpaired) electrons. The highest BCUT2D eigenvalue weighted by molar-refractivity contribution is 9.10. The van der Waals surface area contributed by atoms with E-state index in [0.29, 0.717) is 16.6 Å². The molecule has 0 amide bonds. The lowest BCUT2D eigenvalue weighted by atomic mass is 10.1. The average molecular weight is 380 g/mol. The van der Waals surface area contributed by atoms with Crippen LogP contribution in [-0.2, 0) is 14.8 Å². The monoisotopic (exact) mass is 379 g/mol. The van der Waals surface area contributed by atoms with E-state index in [9.17, 15) is 13.2 Å². The van der Waals surface area contributed by atoms with Crippen molar-refractivity contribution in [1.82, 2.24) is 4.72 Å². The molecule has 21 heavy (non-hydrogen) atoms. The van der Waals surface area contributed by atoms with E-state index in [4.69, 9.17) is 9.84 Å². The molecule has 0 saturated carbocycles. The second-order valence-corrected chi connectivity index (χ2v) is 7.09. The van der Waals surface area contributed by atoms with Crippen molar-refractivity contribution in [3.8, 4) is 0 Å². The molecule has 0 aliphatic heterocycles. The Morgan fingerprint density at radius 3 is 2.62 bits per heavy atom. The van der Waals surface area contributed by atoms with Crippen molar-refractivity contribution in [2.75, 3.05) is 13.2 Å². The summed E-state index contributed by atoms with van der Waals surface area (Å²) in [4.78, 5) is 11.0. The largest absolute Gasteiger partial charge is 0.478 e. The van der Waals surface area contributed by atoms with Gasteiger partial charge in [-0.2, -0.15) is 0 Å². The Balaban J connectivity index is 3.10. The van der Waals surface area contributed by atoms with Crippen molar-refractivity contribution >= 4 is 31.9 Å². The lowest BCUT2D eigenvalue weighted by molar-refractivity contribution is 0.0696. The molecule has 6 nitrogen and oxygen atoms in total. The summed E-state index contributed by atoms with van der Waals surface area (Å²) in [6, 6.07) is 2.52. The van der Waals surface area contributed by atoms with Gasteiger partial charge in [-0.3, -0.25) is 0 Å². The molecule has 2 N–H and O–H groups in total. The van der Waals surface area contributed by atoms with Gasteiger partial charge in [-0.1, -0.05) is 15.9 Å². The number of carboxylic acid groups (broad SMARTS) is 1. The fraction of sp³-hybridized carbons (Fsp3) is 0.462. The van der Waals surface area contributed by atoms with Gasteiger partial charge in [0.15, 0.2) is 0 Å².